The van der Waals surface area contributed by atoms with E-state index in [1.165, 1.54) is 24.0 Å². The molecule has 2 aromatic rings. The minimum atomic E-state index is -1.01. The lowest BCUT2D eigenvalue weighted by Gasteiger charge is -2.09. The molecule has 3 rings (SSSR count). The van der Waals surface area contributed by atoms with Crippen LogP contribution in [0.1, 0.15) is 21.5 Å². The van der Waals surface area contributed by atoms with Crippen molar-refractivity contribution in [1.29, 1.82) is 0 Å². The molecule has 1 aliphatic heterocycles. The maximum Gasteiger partial charge on any atom is 0.339 e. The SMILES string of the molecule is O=C(O)c1ccncc1OCCc1ccc2c(c1)CCO2. The molecule has 5 heteroatoms. The molecule has 1 aliphatic rings. The van der Waals surface area contributed by atoms with Crippen molar-refractivity contribution in [3.8, 4) is 11.5 Å². The summed E-state index contributed by atoms with van der Waals surface area (Å²) in [6, 6.07) is 7.54. The van der Waals surface area contributed by atoms with Gasteiger partial charge in [0.05, 0.1) is 19.4 Å². The van der Waals surface area contributed by atoms with Gasteiger partial charge < -0.3 is 14.6 Å². The lowest BCUT2D eigenvalue weighted by molar-refractivity contribution is 0.0692. The van der Waals surface area contributed by atoms with Crippen LogP contribution in [0.4, 0.5) is 0 Å². The molecule has 0 radical (unpaired) electrons. The van der Waals surface area contributed by atoms with Crippen molar-refractivity contribution in [3.05, 3.63) is 53.3 Å². The first-order valence-corrected chi connectivity index (χ1v) is 6.79. The Labute approximate surface area is 122 Å². The molecule has 0 amide bonds. The average molecular weight is 285 g/mol. The van der Waals surface area contributed by atoms with Crippen LogP contribution in [-0.2, 0) is 12.8 Å². The van der Waals surface area contributed by atoms with Crippen LogP contribution < -0.4 is 9.47 Å². The molecule has 1 aromatic heterocycles. The maximum atomic E-state index is 11.1. The summed E-state index contributed by atoms with van der Waals surface area (Å²) in [5.74, 6) is 0.247. The largest absolute Gasteiger partial charge is 0.493 e. The molecule has 2 heterocycles. The highest BCUT2D eigenvalue weighted by Crippen LogP contribution is 2.26. The molecule has 1 N–H and O–H groups in total. The second kappa shape index (κ2) is 5.83. The number of aromatic nitrogens is 1. The monoisotopic (exact) mass is 285 g/mol. The van der Waals surface area contributed by atoms with Gasteiger partial charge in [-0.25, -0.2) is 4.79 Å². The number of carbonyl (C=O) groups is 1. The highest BCUT2D eigenvalue weighted by Gasteiger charge is 2.13. The van der Waals surface area contributed by atoms with Crippen molar-refractivity contribution in [1.82, 2.24) is 4.98 Å². The second-order valence-corrected chi connectivity index (χ2v) is 4.82. The third-order valence-corrected chi connectivity index (χ3v) is 3.42. The van der Waals surface area contributed by atoms with E-state index in [0.29, 0.717) is 18.8 Å². The number of fused-ring (bicyclic) bond motifs is 1. The fourth-order valence-corrected chi connectivity index (χ4v) is 2.35. The van der Waals surface area contributed by atoms with E-state index in [-0.39, 0.29) is 5.56 Å². The maximum absolute atomic E-state index is 11.1. The van der Waals surface area contributed by atoms with Crippen LogP contribution in [0.5, 0.6) is 11.5 Å². The van der Waals surface area contributed by atoms with Crippen molar-refractivity contribution in [3.63, 3.8) is 0 Å². The number of benzene rings is 1. The number of aromatic carboxylic acids is 1. The third kappa shape index (κ3) is 2.97. The molecule has 5 nitrogen and oxygen atoms in total. The van der Waals surface area contributed by atoms with Crippen LogP contribution in [0, 0.1) is 0 Å². The van der Waals surface area contributed by atoms with Gasteiger partial charge in [0, 0.05) is 19.0 Å². The van der Waals surface area contributed by atoms with E-state index in [1.54, 1.807) is 0 Å². The average Bonchev–Trinajstić information content (AvgIpc) is 2.95. The topological polar surface area (TPSA) is 68.7 Å². The molecule has 0 saturated carbocycles. The molecule has 0 fully saturated rings. The standard InChI is InChI=1S/C16H15NO4/c18-16(19)13-3-6-17-10-15(13)21-7-4-11-1-2-14-12(9-11)5-8-20-14/h1-3,6,9-10H,4-5,7-8H2,(H,18,19). The van der Waals surface area contributed by atoms with E-state index in [9.17, 15) is 4.79 Å². The number of hydrogen-bond acceptors (Lipinski definition) is 4. The van der Waals surface area contributed by atoms with Crippen molar-refractivity contribution >= 4 is 5.97 Å². The highest BCUT2D eigenvalue weighted by molar-refractivity contribution is 5.90. The third-order valence-electron chi connectivity index (χ3n) is 3.42. The van der Waals surface area contributed by atoms with E-state index in [1.807, 2.05) is 12.1 Å². The van der Waals surface area contributed by atoms with Crippen LogP contribution in [0.3, 0.4) is 0 Å². The van der Waals surface area contributed by atoms with E-state index >= 15 is 0 Å². The number of pyridine rings is 1. The summed E-state index contributed by atoms with van der Waals surface area (Å²) >= 11 is 0. The molecule has 21 heavy (non-hydrogen) atoms. The Morgan fingerprint density at radius 1 is 1.38 bits per heavy atom. The molecular formula is C16H15NO4. The van der Waals surface area contributed by atoms with Crippen molar-refractivity contribution in [2.45, 2.75) is 12.8 Å². The molecule has 1 aromatic carbocycles. The van der Waals surface area contributed by atoms with Crippen molar-refractivity contribution in [2.24, 2.45) is 0 Å². The van der Waals surface area contributed by atoms with E-state index in [2.05, 4.69) is 11.1 Å². The molecule has 0 saturated heterocycles. The molecular weight excluding hydrogens is 270 g/mol. The molecule has 0 spiro atoms. The number of rotatable bonds is 5. The number of carboxylic acids is 1. The number of hydrogen-bond donors (Lipinski definition) is 1. The Kier molecular flexibility index (Phi) is 3.73. The fourth-order valence-electron chi connectivity index (χ4n) is 2.35. The summed E-state index contributed by atoms with van der Waals surface area (Å²) in [7, 11) is 0. The van der Waals surface area contributed by atoms with Gasteiger partial charge in [-0.1, -0.05) is 12.1 Å². The Bertz CT molecular complexity index is 669. The van der Waals surface area contributed by atoms with E-state index in [0.717, 1.165) is 24.3 Å². The lowest BCUT2D eigenvalue weighted by atomic mass is 10.1. The first-order chi connectivity index (χ1) is 10.2. The van der Waals surface area contributed by atoms with Crippen molar-refractivity contribution in [2.75, 3.05) is 13.2 Å². The summed E-state index contributed by atoms with van der Waals surface area (Å²) in [4.78, 5) is 15.0. The Morgan fingerprint density at radius 3 is 3.14 bits per heavy atom. The van der Waals surface area contributed by atoms with E-state index < -0.39 is 5.97 Å². The number of ether oxygens (including phenoxy) is 2. The molecule has 108 valence electrons. The Balaban J connectivity index is 1.63. The summed E-state index contributed by atoms with van der Waals surface area (Å²) in [5, 5.41) is 9.07. The van der Waals surface area contributed by atoms with Crippen LogP contribution in [0.25, 0.3) is 0 Å². The van der Waals surface area contributed by atoms with Gasteiger partial charge in [-0.05, 0) is 23.3 Å². The van der Waals surface area contributed by atoms with Crippen LogP contribution in [-0.4, -0.2) is 29.3 Å². The molecule has 0 atom stereocenters. The minimum Gasteiger partial charge on any atom is -0.493 e. The van der Waals surface area contributed by atoms with Gasteiger partial charge in [0.25, 0.3) is 0 Å². The molecule has 0 aliphatic carbocycles. The summed E-state index contributed by atoms with van der Waals surface area (Å²) in [6.45, 7) is 1.15. The second-order valence-electron chi connectivity index (χ2n) is 4.82. The zero-order chi connectivity index (χ0) is 14.7. The predicted molar refractivity (Wildman–Crippen MR) is 76.0 cm³/mol. The fraction of sp³-hybridized carbons (Fsp3) is 0.250. The zero-order valence-electron chi connectivity index (χ0n) is 11.4. The normalized spacial score (nSPS) is 12.6. The van der Waals surface area contributed by atoms with Crippen LogP contribution in [0.15, 0.2) is 36.7 Å². The highest BCUT2D eigenvalue weighted by atomic mass is 16.5. The van der Waals surface area contributed by atoms with Gasteiger partial charge >= 0.3 is 5.97 Å². The van der Waals surface area contributed by atoms with E-state index in [4.69, 9.17) is 14.6 Å². The van der Waals surface area contributed by atoms with Gasteiger partial charge in [0.2, 0.25) is 0 Å². The summed E-state index contributed by atoms with van der Waals surface area (Å²) < 4.78 is 11.0. The summed E-state index contributed by atoms with van der Waals surface area (Å²) in [5.41, 5.74) is 2.51. The quantitative estimate of drug-likeness (QED) is 0.913. The van der Waals surface area contributed by atoms with Gasteiger partial charge in [-0.15, -0.1) is 0 Å². The van der Waals surface area contributed by atoms with Crippen molar-refractivity contribution < 1.29 is 19.4 Å². The first kappa shape index (κ1) is 13.4. The number of nitrogens with zero attached hydrogens (tertiary/aromatic N) is 1. The first-order valence-electron chi connectivity index (χ1n) is 6.79. The Hall–Kier alpha value is -2.56. The predicted octanol–water partition coefficient (Wildman–Crippen LogP) is 2.34. The minimum absolute atomic E-state index is 0.132. The lowest BCUT2D eigenvalue weighted by Crippen LogP contribution is -2.06. The molecule has 0 bridgehead atoms. The molecule has 0 unspecified atom stereocenters. The van der Waals surface area contributed by atoms with Gasteiger partial charge in [0.1, 0.15) is 11.3 Å². The van der Waals surface area contributed by atoms with Gasteiger partial charge in [0.15, 0.2) is 5.75 Å². The van der Waals surface area contributed by atoms with Crippen LogP contribution in [0.2, 0.25) is 0 Å². The van der Waals surface area contributed by atoms with Gasteiger partial charge in [-0.3, -0.25) is 4.98 Å². The summed E-state index contributed by atoms with van der Waals surface area (Å²) in [6.07, 6.45) is 4.52. The smallest absolute Gasteiger partial charge is 0.339 e. The van der Waals surface area contributed by atoms with Gasteiger partial charge in [-0.2, -0.15) is 0 Å². The number of carboxylic acid groups (broad SMARTS) is 1. The van der Waals surface area contributed by atoms with Crippen LogP contribution >= 0.6 is 0 Å². The Morgan fingerprint density at radius 2 is 2.29 bits per heavy atom. The zero-order valence-corrected chi connectivity index (χ0v) is 11.4.